The van der Waals surface area contributed by atoms with Gasteiger partial charge in [0.25, 0.3) is 0 Å². The van der Waals surface area contributed by atoms with Gasteiger partial charge in [0.05, 0.1) is 6.10 Å². The monoisotopic (exact) mass is 250 g/mol. The molecule has 0 aromatic rings. The summed E-state index contributed by atoms with van der Waals surface area (Å²) in [5.41, 5.74) is 2.98. The lowest BCUT2D eigenvalue weighted by Gasteiger charge is -2.35. The Morgan fingerprint density at radius 2 is 2.06 bits per heavy atom. The Kier molecular flexibility index (Phi) is 3.62. The average Bonchev–Trinajstić information content (AvgIpc) is 2.59. The standard InChI is InChI=1S/C15H22O3/c1-8-4-5-11(6-10(3)15(17)18)13-9(2)7-12(16)14(8)13/h6,8,11-12,14,16H,4-5,7H2,1-3H3,(H,17,18)/b10-6+/t8-,11+,12-,14+/m1/s1. The number of aliphatic carboxylic acids is 1. The number of aliphatic hydroxyl groups is 1. The molecule has 2 aliphatic carbocycles. The van der Waals surface area contributed by atoms with Gasteiger partial charge >= 0.3 is 5.97 Å². The number of rotatable bonds is 2. The Balaban J connectivity index is 2.31. The molecular formula is C15H22O3. The highest BCUT2D eigenvalue weighted by Gasteiger charge is 2.41. The predicted molar refractivity (Wildman–Crippen MR) is 70.1 cm³/mol. The minimum Gasteiger partial charge on any atom is -0.478 e. The van der Waals surface area contributed by atoms with E-state index in [4.69, 9.17) is 5.11 Å². The second-order valence-corrected chi connectivity index (χ2v) is 5.85. The van der Waals surface area contributed by atoms with Crippen LogP contribution in [0.15, 0.2) is 22.8 Å². The minimum absolute atomic E-state index is 0.208. The topological polar surface area (TPSA) is 57.5 Å². The van der Waals surface area contributed by atoms with Gasteiger partial charge in [0.2, 0.25) is 0 Å². The zero-order valence-electron chi connectivity index (χ0n) is 11.3. The number of aliphatic hydroxyl groups excluding tert-OH is 1. The van der Waals surface area contributed by atoms with Crippen LogP contribution in [0.5, 0.6) is 0 Å². The van der Waals surface area contributed by atoms with E-state index < -0.39 is 5.97 Å². The number of carboxylic acids is 1. The molecule has 2 N–H and O–H groups in total. The Morgan fingerprint density at radius 3 is 2.67 bits per heavy atom. The number of carboxylic acid groups (broad SMARTS) is 1. The second kappa shape index (κ2) is 4.88. The lowest BCUT2D eigenvalue weighted by Crippen LogP contribution is -2.30. The summed E-state index contributed by atoms with van der Waals surface area (Å²) < 4.78 is 0. The third-order valence-corrected chi connectivity index (χ3v) is 4.52. The summed E-state index contributed by atoms with van der Waals surface area (Å²) in [6.07, 6.45) is 4.42. The van der Waals surface area contributed by atoms with Gasteiger partial charge in [-0.1, -0.05) is 24.1 Å². The van der Waals surface area contributed by atoms with Crippen LogP contribution in [0.25, 0.3) is 0 Å². The molecule has 2 aliphatic rings. The Bertz CT molecular complexity index is 419. The van der Waals surface area contributed by atoms with E-state index >= 15 is 0 Å². The Labute approximate surface area is 108 Å². The summed E-state index contributed by atoms with van der Waals surface area (Å²) in [6, 6.07) is 0. The molecule has 0 amide bonds. The number of fused-ring (bicyclic) bond motifs is 1. The van der Waals surface area contributed by atoms with Gasteiger partial charge in [-0.25, -0.2) is 4.79 Å². The normalized spacial score (nSPS) is 36.8. The quantitative estimate of drug-likeness (QED) is 0.585. The highest BCUT2D eigenvalue weighted by Crippen LogP contribution is 2.48. The van der Waals surface area contributed by atoms with Crippen molar-refractivity contribution < 1.29 is 15.0 Å². The molecule has 100 valence electrons. The van der Waals surface area contributed by atoms with Crippen molar-refractivity contribution in [3.05, 3.63) is 22.8 Å². The van der Waals surface area contributed by atoms with E-state index in [-0.39, 0.29) is 17.9 Å². The van der Waals surface area contributed by atoms with Gasteiger partial charge in [0, 0.05) is 11.5 Å². The summed E-state index contributed by atoms with van der Waals surface area (Å²) >= 11 is 0. The second-order valence-electron chi connectivity index (χ2n) is 5.85. The molecule has 1 fully saturated rings. The smallest absolute Gasteiger partial charge is 0.330 e. The van der Waals surface area contributed by atoms with E-state index in [0.717, 1.165) is 19.3 Å². The number of carbonyl (C=O) groups is 1. The van der Waals surface area contributed by atoms with E-state index in [1.54, 1.807) is 6.92 Å². The van der Waals surface area contributed by atoms with Crippen LogP contribution in [0, 0.1) is 17.8 Å². The summed E-state index contributed by atoms with van der Waals surface area (Å²) in [6.45, 7) is 5.92. The van der Waals surface area contributed by atoms with E-state index in [9.17, 15) is 9.90 Å². The molecule has 0 aliphatic heterocycles. The van der Waals surface area contributed by atoms with Crippen LogP contribution in [0.3, 0.4) is 0 Å². The molecule has 0 spiro atoms. The number of hydrogen-bond donors (Lipinski definition) is 2. The van der Waals surface area contributed by atoms with Crippen LogP contribution < -0.4 is 0 Å². The fraction of sp³-hybridized carbons (Fsp3) is 0.667. The van der Waals surface area contributed by atoms with Crippen molar-refractivity contribution in [2.75, 3.05) is 0 Å². The van der Waals surface area contributed by atoms with Gasteiger partial charge in [0.15, 0.2) is 0 Å². The Hall–Kier alpha value is -1.09. The van der Waals surface area contributed by atoms with E-state index in [2.05, 4.69) is 13.8 Å². The molecule has 2 rings (SSSR count). The number of allylic oxidation sites excluding steroid dienone is 1. The first kappa shape index (κ1) is 13.3. The van der Waals surface area contributed by atoms with Crippen molar-refractivity contribution in [2.24, 2.45) is 17.8 Å². The van der Waals surface area contributed by atoms with Gasteiger partial charge in [-0.2, -0.15) is 0 Å². The van der Waals surface area contributed by atoms with Crippen molar-refractivity contribution in [2.45, 2.75) is 46.1 Å². The van der Waals surface area contributed by atoms with Crippen molar-refractivity contribution in [1.82, 2.24) is 0 Å². The first-order valence-corrected chi connectivity index (χ1v) is 6.71. The summed E-state index contributed by atoms with van der Waals surface area (Å²) in [5.74, 6) is 0.102. The molecule has 18 heavy (non-hydrogen) atoms. The summed E-state index contributed by atoms with van der Waals surface area (Å²) in [7, 11) is 0. The van der Waals surface area contributed by atoms with E-state index in [1.165, 1.54) is 11.1 Å². The highest BCUT2D eigenvalue weighted by molar-refractivity contribution is 5.85. The lowest BCUT2D eigenvalue weighted by molar-refractivity contribution is -0.132. The van der Waals surface area contributed by atoms with Gasteiger partial charge in [0.1, 0.15) is 0 Å². The van der Waals surface area contributed by atoms with Crippen LogP contribution in [0.2, 0.25) is 0 Å². The van der Waals surface area contributed by atoms with E-state index in [1.807, 2.05) is 6.08 Å². The zero-order valence-corrected chi connectivity index (χ0v) is 11.3. The van der Waals surface area contributed by atoms with E-state index in [0.29, 0.717) is 11.5 Å². The number of hydrogen-bond acceptors (Lipinski definition) is 2. The van der Waals surface area contributed by atoms with Crippen molar-refractivity contribution in [3.63, 3.8) is 0 Å². The molecule has 4 atom stereocenters. The molecule has 1 saturated carbocycles. The minimum atomic E-state index is -0.845. The van der Waals surface area contributed by atoms with Crippen molar-refractivity contribution in [1.29, 1.82) is 0 Å². The van der Waals surface area contributed by atoms with Crippen LogP contribution in [0.1, 0.15) is 40.0 Å². The van der Waals surface area contributed by atoms with Gasteiger partial charge in [-0.3, -0.25) is 0 Å². The van der Waals surface area contributed by atoms with Crippen LogP contribution in [-0.4, -0.2) is 22.3 Å². The third kappa shape index (κ3) is 2.24. The SMILES string of the molecule is CC1=C2[C@@H]([C@H](C)CC[C@H]2/C=C(\C)C(=O)O)[C@H](O)C1. The molecule has 0 bridgehead atoms. The maximum atomic E-state index is 10.9. The predicted octanol–water partition coefficient (Wildman–Crippen LogP) is 2.76. The maximum Gasteiger partial charge on any atom is 0.330 e. The fourth-order valence-electron chi connectivity index (χ4n) is 3.62. The first-order valence-electron chi connectivity index (χ1n) is 6.71. The molecule has 3 nitrogen and oxygen atoms in total. The molecule has 0 aromatic heterocycles. The molecule has 0 unspecified atom stereocenters. The fourth-order valence-corrected chi connectivity index (χ4v) is 3.62. The zero-order chi connectivity index (χ0) is 13.4. The Morgan fingerprint density at radius 1 is 1.39 bits per heavy atom. The van der Waals surface area contributed by atoms with Crippen LogP contribution >= 0.6 is 0 Å². The van der Waals surface area contributed by atoms with Crippen LogP contribution in [-0.2, 0) is 4.79 Å². The third-order valence-electron chi connectivity index (χ3n) is 4.52. The summed E-state index contributed by atoms with van der Waals surface area (Å²) in [4.78, 5) is 10.9. The van der Waals surface area contributed by atoms with Gasteiger partial charge < -0.3 is 10.2 Å². The lowest BCUT2D eigenvalue weighted by atomic mass is 9.70. The molecule has 0 saturated heterocycles. The van der Waals surface area contributed by atoms with Gasteiger partial charge in [-0.15, -0.1) is 0 Å². The van der Waals surface area contributed by atoms with Crippen molar-refractivity contribution in [3.8, 4) is 0 Å². The molecule has 0 radical (unpaired) electrons. The van der Waals surface area contributed by atoms with Gasteiger partial charge in [-0.05, 0) is 44.9 Å². The first-order chi connectivity index (χ1) is 8.41. The molecule has 0 aromatic carbocycles. The molecule has 0 heterocycles. The molecule has 3 heteroatoms. The van der Waals surface area contributed by atoms with Crippen molar-refractivity contribution >= 4 is 5.97 Å². The highest BCUT2D eigenvalue weighted by atomic mass is 16.4. The molecular weight excluding hydrogens is 228 g/mol. The summed E-state index contributed by atoms with van der Waals surface area (Å²) in [5, 5.41) is 19.1. The largest absolute Gasteiger partial charge is 0.478 e. The van der Waals surface area contributed by atoms with Crippen LogP contribution in [0.4, 0.5) is 0 Å². The average molecular weight is 250 g/mol. The maximum absolute atomic E-state index is 10.9.